The van der Waals surface area contributed by atoms with E-state index < -0.39 is 23.3 Å². The Morgan fingerprint density at radius 2 is 1.13 bits per heavy atom. The minimum absolute atomic E-state index is 0. The van der Waals surface area contributed by atoms with Gasteiger partial charge in [-0.1, -0.05) is 115 Å². The largest absolute Gasteiger partial charge is 0.342 e. The standard InChI is InChI=1S/C38H38F4N2.C14H11N2.Ir/c39-29-15-17-33(35(41)23-29)37-21-27(25-9-3-1-4-10-25)19-31(43-37)13-7-8-14-32-20-28(26-11-5-2-6-12-26)22-38(44-32)34-18-16-30(40)24-36(34)42;1-15-11-16(12-7-3-2-4-8-12)14-10-6-5-9-13(14)15;/h15-16,19-26H,1-14H2;2-7,9-10H,1H3;/q-2;-1;. The minimum Gasteiger partial charge on any atom is -0.342 e. The number of pyridine rings is 2. The van der Waals surface area contributed by atoms with Crippen LogP contribution in [0.2, 0.25) is 0 Å². The van der Waals surface area contributed by atoms with Gasteiger partial charge >= 0.3 is 0 Å². The third-order valence-corrected chi connectivity index (χ3v) is 12.0. The van der Waals surface area contributed by atoms with Gasteiger partial charge in [0.1, 0.15) is 0 Å². The Bertz CT molecular complexity index is 2420. The molecule has 0 atom stereocenters. The Morgan fingerprint density at radius 3 is 1.62 bits per heavy atom. The number of unbranched alkanes of at least 4 members (excludes halogenated alkanes) is 1. The van der Waals surface area contributed by atoms with E-state index >= 15 is 0 Å². The molecule has 0 saturated heterocycles. The van der Waals surface area contributed by atoms with E-state index in [-0.39, 0.29) is 31.2 Å². The topological polar surface area (TPSA) is 34.6 Å². The molecule has 0 amide bonds. The van der Waals surface area contributed by atoms with Gasteiger partial charge in [-0.25, -0.2) is 0 Å². The summed E-state index contributed by atoms with van der Waals surface area (Å²) in [6.07, 6.45) is 18.0. The van der Waals surface area contributed by atoms with Gasteiger partial charge in [-0.05, 0) is 86.7 Å². The molecule has 3 aromatic heterocycles. The number of para-hydroxylation sites is 3. The van der Waals surface area contributed by atoms with Crippen molar-refractivity contribution in [3.63, 3.8) is 0 Å². The van der Waals surface area contributed by atoms with Gasteiger partial charge in [-0.2, -0.15) is 30.3 Å². The zero-order valence-electron chi connectivity index (χ0n) is 34.4. The molecule has 0 spiro atoms. The van der Waals surface area contributed by atoms with Crippen LogP contribution in [0.4, 0.5) is 17.6 Å². The fourth-order valence-corrected chi connectivity index (χ4v) is 8.87. The Morgan fingerprint density at radius 1 is 0.623 bits per heavy atom. The van der Waals surface area contributed by atoms with E-state index in [1.807, 2.05) is 64.7 Å². The maximum Gasteiger partial charge on any atom is 0.242 e. The van der Waals surface area contributed by atoms with E-state index in [4.69, 9.17) is 9.97 Å². The van der Waals surface area contributed by atoms with Crippen molar-refractivity contribution in [2.75, 3.05) is 0 Å². The molecule has 1 radical (unpaired) electrons. The maximum absolute atomic E-state index is 14.7. The van der Waals surface area contributed by atoms with E-state index in [1.54, 1.807) is 0 Å². The molecule has 9 heteroatoms. The van der Waals surface area contributed by atoms with Gasteiger partial charge in [0.2, 0.25) is 6.33 Å². The van der Waals surface area contributed by atoms with E-state index in [0.29, 0.717) is 36.1 Å². The number of hydrogen-bond donors (Lipinski definition) is 0. The van der Waals surface area contributed by atoms with Crippen molar-refractivity contribution in [3.05, 3.63) is 167 Å². The van der Waals surface area contributed by atoms with Gasteiger partial charge in [-0.15, -0.1) is 24.3 Å². The van der Waals surface area contributed by atoms with Crippen LogP contribution >= 0.6 is 0 Å². The zero-order chi connectivity index (χ0) is 41.4. The molecule has 9 rings (SSSR count). The number of nitrogens with zero attached hydrogens (tertiary/aromatic N) is 4. The molecule has 2 saturated carbocycles. The van der Waals surface area contributed by atoms with Crippen LogP contribution in [0.1, 0.15) is 111 Å². The van der Waals surface area contributed by atoms with Crippen molar-refractivity contribution >= 4 is 11.0 Å². The van der Waals surface area contributed by atoms with Crippen molar-refractivity contribution in [3.8, 4) is 28.2 Å². The second-order valence-corrected chi connectivity index (χ2v) is 16.2. The second kappa shape index (κ2) is 20.7. The first-order valence-electron chi connectivity index (χ1n) is 21.4. The van der Waals surface area contributed by atoms with Crippen molar-refractivity contribution in [1.82, 2.24) is 14.5 Å². The molecule has 317 valence electrons. The first-order valence-corrected chi connectivity index (χ1v) is 21.4. The average Bonchev–Trinajstić information content (AvgIpc) is 3.62. The Kier molecular flexibility index (Phi) is 15.0. The third kappa shape index (κ3) is 10.9. The Balaban J connectivity index is 0.000000275. The van der Waals surface area contributed by atoms with Gasteiger partial charge in [0.05, 0.1) is 18.1 Å². The Hall–Kier alpha value is -4.98. The average molecular weight is 998 g/mol. The molecule has 0 aliphatic heterocycles. The van der Waals surface area contributed by atoms with Crippen LogP contribution < -0.4 is 4.57 Å². The summed E-state index contributed by atoms with van der Waals surface area (Å²) in [6.45, 7) is 0. The molecular weight excluding hydrogens is 949 g/mol. The van der Waals surface area contributed by atoms with E-state index in [2.05, 4.69) is 48.8 Å². The summed E-state index contributed by atoms with van der Waals surface area (Å²) in [5, 5.41) is 0. The fraction of sp³-hybridized carbons (Fsp3) is 0.327. The predicted molar refractivity (Wildman–Crippen MR) is 227 cm³/mol. The molecule has 0 bridgehead atoms. The molecule has 3 heterocycles. The van der Waals surface area contributed by atoms with Crippen molar-refractivity contribution in [1.29, 1.82) is 0 Å². The van der Waals surface area contributed by atoms with Crippen molar-refractivity contribution in [2.24, 2.45) is 7.05 Å². The monoisotopic (exact) mass is 998 g/mol. The minimum atomic E-state index is -0.654. The number of imidazole rings is 1. The van der Waals surface area contributed by atoms with Crippen LogP contribution in [-0.2, 0) is 40.0 Å². The molecule has 7 aromatic rings. The summed E-state index contributed by atoms with van der Waals surface area (Å²) in [4.78, 5) is 9.59. The molecule has 0 N–H and O–H groups in total. The van der Waals surface area contributed by atoms with Crippen LogP contribution in [-0.4, -0.2) is 14.5 Å². The molecule has 2 fully saturated rings. The first kappa shape index (κ1) is 44.1. The summed E-state index contributed by atoms with van der Waals surface area (Å²) < 4.78 is 60.7. The van der Waals surface area contributed by atoms with Gasteiger partial charge in [0.25, 0.3) is 0 Å². The summed E-state index contributed by atoms with van der Waals surface area (Å²) in [5.41, 5.74) is 8.87. The third-order valence-electron chi connectivity index (χ3n) is 12.0. The van der Waals surface area contributed by atoms with Gasteiger partial charge < -0.3 is 19.1 Å². The van der Waals surface area contributed by atoms with Gasteiger partial charge in [0, 0.05) is 54.8 Å². The number of rotatable bonds is 10. The molecule has 4 nitrogen and oxygen atoms in total. The second-order valence-electron chi connectivity index (χ2n) is 16.2. The van der Waals surface area contributed by atoms with Crippen molar-refractivity contribution in [2.45, 2.75) is 102 Å². The van der Waals surface area contributed by atoms with E-state index in [0.717, 1.165) is 85.4 Å². The molecule has 0 unspecified atom stereocenters. The number of hydrogen-bond acceptors (Lipinski definition) is 2. The molecular formula is C52H49F4IrN4-3. The number of aryl methyl sites for hydroxylation is 3. The number of fused-ring (bicyclic) bond motifs is 1. The normalized spacial score (nSPS) is 14.6. The van der Waals surface area contributed by atoms with Crippen LogP contribution in [0.5, 0.6) is 0 Å². The Labute approximate surface area is 370 Å². The SMILES string of the molecule is C[n+]1[c-]n(-c2[c-]cccc2)c2ccccc21.Fc1c[c-]c(-c2cc(C3CCCCC3)cc(CCCCc3cc(C4CCCCC4)cc(-c4[c-]cc(F)cc4F)n3)n2)c(F)c1.[Ir]. The summed E-state index contributed by atoms with van der Waals surface area (Å²) >= 11 is 0. The quantitative estimate of drug-likeness (QED) is 0.0592. The van der Waals surface area contributed by atoms with Crippen LogP contribution in [0.15, 0.2) is 97.1 Å². The van der Waals surface area contributed by atoms with Gasteiger partial charge in [-0.3, -0.25) is 17.6 Å². The van der Waals surface area contributed by atoms with Gasteiger partial charge in [0.15, 0.2) is 0 Å². The molecule has 2 aliphatic carbocycles. The van der Waals surface area contributed by atoms with E-state index in [1.165, 1.54) is 55.2 Å². The van der Waals surface area contributed by atoms with Crippen LogP contribution in [0, 0.1) is 47.8 Å². The zero-order valence-corrected chi connectivity index (χ0v) is 36.8. The number of halogens is 4. The molecule has 4 aromatic carbocycles. The summed E-state index contributed by atoms with van der Waals surface area (Å²) in [6, 6.07) is 37.2. The molecule has 61 heavy (non-hydrogen) atoms. The maximum atomic E-state index is 14.7. The van der Waals surface area contributed by atoms with Crippen molar-refractivity contribution < 1.29 is 42.2 Å². The summed E-state index contributed by atoms with van der Waals surface area (Å²) in [5.74, 6) is -1.78. The number of benzene rings is 4. The van der Waals surface area contributed by atoms with E-state index in [9.17, 15) is 17.6 Å². The summed E-state index contributed by atoms with van der Waals surface area (Å²) in [7, 11) is 2.00. The number of aromatic nitrogens is 4. The molecule has 2 aliphatic rings. The van der Waals surface area contributed by atoms with Crippen LogP contribution in [0.3, 0.4) is 0 Å². The van der Waals surface area contributed by atoms with Crippen LogP contribution in [0.25, 0.3) is 39.2 Å². The fourth-order valence-electron chi connectivity index (χ4n) is 8.87. The smallest absolute Gasteiger partial charge is 0.242 e. The first-order chi connectivity index (χ1) is 29.3. The predicted octanol–water partition coefficient (Wildman–Crippen LogP) is 12.7.